The van der Waals surface area contributed by atoms with E-state index in [1.54, 1.807) is 7.11 Å². The number of aryl methyl sites for hydroxylation is 1. The van der Waals surface area contributed by atoms with Crippen LogP contribution in [-0.4, -0.2) is 53.2 Å². The number of ether oxygens (including phenoxy) is 1. The molecule has 42 heavy (non-hydrogen) atoms. The largest absolute Gasteiger partial charge is 0.385 e. The van der Waals surface area contributed by atoms with E-state index in [9.17, 15) is 9.59 Å². The minimum atomic E-state index is -0.575. The minimum absolute atomic E-state index is 0.232. The number of hydrogen-bond acceptors (Lipinski definition) is 4. The van der Waals surface area contributed by atoms with Gasteiger partial charge in [0.2, 0.25) is 5.91 Å². The lowest BCUT2D eigenvalue weighted by Crippen LogP contribution is -2.40. The first-order valence-electron chi connectivity index (χ1n) is 14.9. The maximum absolute atomic E-state index is 13.4. The molecule has 0 radical (unpaired) electrons. The van der Waals surface area contributed by atoms with Gasteiger partial charge >= 0.3 is 6.03 Å². The standard InChI is InChI=1S/C34H41N5O3/c1-24(21-25-10-12-26(13-11-25)27-14-16-29(17-15-27)36-34(35)41)22-32(40)38-18-5-7-28(23-38)33-37-30-8-3-4-9-31(30)39(33)19-6-20-42-2/h3-4,8-17,24,28H,5-7,18-23H2,1-2H3,(H3,35,36,41)/t24-,28-/m1/s1. The summed E-state index contributed by atoms with van der Waals surface area (Å²) in [4.78, 5) is 31.6. The Hall–Kier alpha value is -4.17. The molecule has 3 amide bonds. The van der Waals surface area contributed by atoms with Crippen LogP contribution >= 0.6 is 0 Å². The average Bonchev–Trinajstić information content (AvgIpc) is 3.36. The van der Waals surface area contributed by atoms with E-state index in [0.29, 0.717) is 18.7 Å². The van der Waals surface area contributed by atoms with E-state index >= 15 is 0 Å². The maximum atomic E-state index is 13.4. The zero-order valence-corrected chi connectivity index (χ0v) is 24.6. The van der Waals surface area contributed by atoms with Crippen LogP contribution in [0.25, 0.3) is 22.2 Å². The summed E-state index contributed by atoms with van der Waals surface area (Å²) in [5.41, 5.74) is 11.4. The first-order chi connectivity index (χ1) is 20.4. The maximum Gasteiger partial charge on any atom is 0.316 e. The Kier molecular flexibility index (Phi) is 9.54. The summed E-state index contributed by atoms with van der Waals surface area (Å²) < 4.78 is 7.64. The van der Waals surface area contributed by atoms with Crippen molar-refractivity contribution in [3.63, 3.8) is 0 Å². The fraction of sp³-hybridized carbons (Fsp3) is 0.382. The third kappa shape index (κ3) is 7.18. The van der Waals surface area contributed by atoms with Crippen molar-refractivity contribution in [3.05, 3.63) is 84.2 Å². The van der Waals surface area contributed by atoms with E-state index in [4.69, 9.17) is 15.5 Å². The third-order valence-electron chi connectivity index (χ3n) is 8.10. The zero-order valence-electron chi connectivity index (χ0n) is 24.6. The Balaban J connectivity index is 1.18. The van der Waals surface area contributed by atoms with Gasteiger partial charge in [0.05, 0.1) is 11.0 Å². The number of imidazole rings is 1. The highest BCUT2D eigenvalue weighted by molar-refractivity contribution is 5.88. The van der Waals surface area contributed by atoms with Crippen LogP contribution in [-0.2, 0) is 22.5 Å². The number of carbonyl (C=O) groups is 2. The number of carbonyl (C=O) groups excluding carboxylic acids is 2. The van der Waals surface area contributed by atoms with E-state index < -0.39 is 6.03 Å². The van der Waals surface area contributed by atoms with Crippen LogP contribution in [0.15, 0.2) is 72.8 Å². The molecular weight excluding hydrogens is 526 g/mol. The van der Waals surface area contributed by atoms with Gasteiger partial charge in [0.15, 0.2) is 0 Å². The number of aromatic nitrogens is 2. The van der Waals surface area contributed by atoms with Crippen molar-refractivity contribution in [2.45, 2.75) is 51.5 Å². The Morgan fingerprint density at radius 1 is 1.05 bits per heavy atom. The van der Waals surface area contributed by atoms with E-state index in [1.165, 1.54) is 5.56 Å². The monoisotopic (exact) mass is 567 g/mol. The number of benzene rings is 3. The summed E-state index contributed by atoms with van der Waals surface area (Å²) in [6, 6.07) is 23.8. The number of methoxy groups -OCH3 is 1. The molecule has 4 aromatic rings. The summed E-state index contributed by atoms with van der Waals surface area (Å²) in [6.45, 7) is 5.27. The number of primary amides is 1. The van der Waals surface area contributed by atoms with Gasteiger partial charge in [-0.25, -0.2) is 9.78 Å². The number of likely N-dealkylation sites (tertiary alicyclic amines) is 1. The average molecular weight is 568 g/mol. The van der Waals surface area contributed by atoms with Crippen LogP contribution in [0.1, 0.15) is 49.9 Å². The number of amides is 3. The van der Waals surface area contributed by atoms with Gasteiger partial charge in [0.25, 0.3) is 0 Å². The Labute approximate surface area is 247 Å². The van der Waals surface area contributed by atoms with Gasteiger partial charge in [-0.2, -0.15) is 0 Å². The summed E-state index contributed by atoms with van der Waals surface area (Å²) in [5, 5.41) is 2.58. The van der Waals surface area contributed by atoms with Gasteiger partial charge in [0.1, 0.15) is 5.82 Å². The normalized spacial score (nSPS) is 16.0. The van der Waals surface area contributed by atoms with Gasteiger partial charge in [0, 0.05) is 51.4 Å². The molecule has 220 valence electrons. The summed E-state index contributed by atoms with van der Waals surface area (Å²) in [5.74, 6) is 1.80. The zero-order chi connectivity index (χ0) is 29.5. The second-order valence-electron chi connectivity index (χ2n) is 11.4. The number of fused-ring (bicyclic) bond motifs is 1. The SMILES string of the molecule is COCCCn1c([C@@H]2CCCN(C(=O)C[C@H](C)Cc3ccc(-c4ccc(NC(N)=O)cc4)cc3)C2)nc2ccccc21. The fourth-order valence-corrected chi connectivity index (χ4v) is 6.05. The number of piperidine rings is 1. The highest BCUT2D eigenvalue weighted by Crippen LogP contribution is 2.31. The highest BCUT2D eigenvalue weighted by Gasteiger charge is 2.29. The van der Waals surface area contributed by atoms with Gasteiger partial charge in [-0.15, -0.1) is 0 Å². The predicted molar refractivity (Wildman–Crippen MR) is 167 cm³/mol. The number of anilines is 1. The molecule has 0 spiro atoms. The molecule has 0 aliphatic carbocycles. The molecule has 1 aliphatic heterocycles. The molecule has 3 aromatic carbocycles. The summed E-state index contributed by atoms with van der Waals surface area (Å²) >= 11 is 0. The predicted octanol–water partition coefficient (Wildman–Crippen LogP) is 6.21. The van der Waals surface area contributed by atoms with Crippen LogP contribution in [0, 0.1) is 5.92 Å². The second-order valence-corrected chi connectivity index (χ2v) is 11.4. The first kappa shape index (κ1) is 29.3. The van der Waals surface area contributed by atoms with Crippen molar-refractivity contribution in [1.29, 1.82) is 0 Å². The molecule has 1 fully saturated rings. The van der Waals surface area contributed by atoms with Crippen LogP contribution < -0.4 is 11.1 Å². The number of nitrogens with two attached hydrogens (primary N) is 1. The summed E-state index contributed by atoms with van der Waals surface area (Å²) in [6.07, 6.45) is 4.35. The van der Waals surface area contributed by atoms with Gasteiger partial charge in [-0.3, -0.25) is 4.79 Å². The van der Waals surface area contributed by atoms with Crippen molar-refractivity contribution in [2.75, 3.05) is 32.1 Å². The lowest BCUT2D eigenvalue weighted by molar-refractivity contribution is -0.133. The van der Waals surface area contributed by atoms with Crippen LogP contribution in [0.5, 0.6) is 0 Å². The molecule has 1 saturated heterocycles. The van der Waals surface area contributed by atoms with E-state index in [1.807, 2.05) is 30.3 Å². The van der Waals surface area contributed by atoms with E-state index in [0.717, 1.165) is 73.3 Å². The Morgan fingerprint density at radius 3 is 2.48 bits per heavy atom. The lowest BCUT2D eigenvalue weighted by atomic mass is 9.93. The molecule has 2 atom stereocenters. The summed E-state index contributed by atoms with van der Waals surface area (Å²) in [7, 11) is 1.74. The van der Waals surface area contributed by atoms with Crippen molar-refractivity contribution in [1.82, 2.24) is 14.5 Å². The van der Waals surface area contributed by atoms with E-state index in [-0.39, 0.29) is 17.7 Å². The van der Waals surface area contributed by atoms with Crippen LogP contribution in [0.3, 0.4) is 0 Å². The molecule has 8 nitrogen and oxygen atoms in total. The minimum Gasteiger partial charge on any atom is -0.385 e. The molecule has 0 bridgehead atoms. The Morgan fingerprint density at radius 2 is 1.76 bits per heavy atom. The fourth-order valence-electron chi connectivity index (χ4n) is 6.05. The highest BCUT2D eigenvalue weighted by atomic mass is 16.5. The molecule has 0 saturated carbocycles. The number of nitrogens with one attached hydrogen (secondary N) is 1. The molecule has 0 unspecified atom stereocenters. The molecular formula is C34H41N5O3. The number of rotatable bonds is 11. The number of hydrogen-bond donors (Lipinski definition) is 2. The van der Waals surface area contributed by atoms with Gasteiger partial charge < -0.3 is 25.3 Å². The number of para-hydroxylation sites is 2. The Bertz CT molecular complexity index is 1500. The molecule has 3 N–H and O–H groups in total. The number of urea groups is 1. The van der Waals surface area contributed by atoms with Crippen molar-refractivity contribution in [3.8, 4) is 11.1 Å². The van der Waals surface area contributed by atoms with Crippen molar-refractivity contribution < 1.29 is 14.3 Å². The lowest BCUT2D eigenvalue weighted by Gasteiger charge is -2.33. The number of nitrogens with zero attached hydrogens (tertiary/aromatic N) is 3. The van der Waals surface area contributed by atoms with Crippen LogP contribution in [0.2, 0.25) is 0 Å². The van der Waals surface area contributed by atoms with Gasteiger partial charge in [-0.1, -0.05) is 55.5 Å². The molecule has 2 heterocycles. The van der Waals surface area contributed by atoms with Crippen LogP contribution in [0.4, 0.5) is 10.5 Å². The smallest absolute Gasteiger partial charge is 0.316 e. The molecule has 1 aliphatic rings. The van der Waals surface area contributed by atoms with Crippen molar-refractivity contribution in [2.24, 2.45) is 11.7 Å². The molecule has 8 heteroatoms. The first-order valence-corrected chi connectivity index (χ1v) is 14.9. The third-order valence-corrected chi connectivity index (χ3v) is 8.10. The second kappa shape index (κ2) is 13.7. The van der Waals surface area contributed by atoms with Crippen molar-refractivity contribution >= 4 is 28.7 Å². The topological polar surface area (TPSA) is 102 Å². The molecule has 5 rings (SSSR count). The quantitative estimate of drug-likeness (QED) is 0.211. The van der Waals surface area contributed by atoms with E-state index in [2.05, 4.69) is 64.2 Å². The molecule has 1 aromatic heterocycles. The van der Waals surface area contributed by atoms with Gasteiger partial charge in [-0.05, 0) is 72.6 Å².